The van der Waals surface area contributed by atoms with E-state index in [1.165, 1.54) is 6.26 Å². The maximum absolute atomic E-state index is 12.8. The van der Waals surface area contributed by atoms with E-state index in [4.69, 9.17) is 16.0 Å². The van der Waals surface area contributed by atoms with E-state index in [0.717, 1.165) is 5.69 Å². The second-order valence-corrected chi connectivity index (χ2v) is 6.54. The van der Waals surface area contributed by atoms with Crippen molar-refractivity contribution in [2.45, 2.75) is 0 Å². The fourth-order valence-corrected chi connectivity index (χ4v) is 2.89. The van der Waals surface area contributed by atoms with Crippen LogP contribution in [-0.2, 0) is 4.79 Å². The Morgan fingerprint density at radius 3 is 2.55 bits per heavy atom. The molecular weight excluding hydrogens is 390 g/mol. The summed E-state index contributed by atoms with van der Waals surface area (Å²) in [6, 6.07) is 17.5. The average molecular weight is 410 g/mol. The Hall–Kier alpha value is -3.51. The van der Waals surface area contributed by atoms with Crippen molar-refractivity contribution in [2.24, 2.45) is 0 Å². The van der Waals surface area contributed by atoms with Crippen LogP contribution in [0.15, 0.2) is 84.0 Å². The van der Waals surface area contributed by atoms with Crippen LogP contribution in [0.2, 0.25) is 5.02 Å². The number of rotatable bonds is 8. The molecule has 6 nitrogen and oxygen atoms in total. The minimum atomic E-state index is -0.413. The van der Waals surface area contributed by atoms with Gasteiger partial charge in [-0.25, -0.2) is 0 Å². The normalized spacial score (nSPS) is 10.2. The van der Waals surface area contributed by atoms with Gasteiger partial charge in [-0.1, -0.05) is 35.9 Å². The molecule has 0 radical (unpaired) electrons. The summed E-state index contributed by atoms with van der Waals surface area (Å²) in [5.41, 5.74) is 1.79. The maximum Gasteiger partial charge on any atom is 0.291 e. The van der Waals surface area contributed by atoms with Crippen LogP contribution in [0.5, 0.6) is 0 Å². The number of halogens is 1. The first-order chi connectivity index (χ1) is 14.1. The van der Waals surface area contributed by atoms with Crippen LogP contribution in [0.25, 0.3) is 0 Å². The Labute approximate surface area is 173 Å². The molecule has 1 aromatic heterocycles. The lowest BCUT2D eigenvalue weighted by Gasteiger charge is -2.22. The van der Waals surface area contributed by atoms with Crippen molar-refractivity contribution < 1.29 is 14.0 Å². The van der Waals surface area contributed by atoms with E-state index < -0.39 is 5.91 Å². The number of hydrogen-bond acceptors (Lipinski definition) is 4. The lowest BCUT2D eigenvalue weighted by molar-refractivity contribution is -0.116. The molecule has 2 N–H and O–H groups in total. The highest BCUT2D eigenvalue weighted by molar-refractivity contribution is 6.31. The molecule has 3 rings (SSSR count). The Balaban J connectivity index is 1.73. The molecule has 0 aliphatic heterocycles. The number of carbonyl (C=O) groups is 2. The first kappa shape index (κ1) is 20.2. The highest BCUT2D eigenvalue weighted by Gasteiger charge is 2.16. The van der Waals surface area contributed by atoms with Gasteiger partial charge >= 0.3 is 0 Å². The number of hydrogen-bond donors (Lipinski definition) is 2. The monoisotopic (exact) mass is 409 g/mol. The molecular formula is C22H20ClN3O3. The summed E-state index contributed by atoms with van der Waals surface area (Å²) >= 11 is 6.07. The molecule has 0 fully saturated rings. The number of para-hydroxylation sites is 1. The van der Waals surface area contributed by atoms with Gasteiger partial charge in [-0.2, -0.15) is 0 Å². The largest absolute Gasteiger partial charge is 0.459 e. The Morgan fingerprint density at radius 2 is 1.86 bits per heavy atom. The average Bonchev–Trinajstić information content (AvgIpc) is 3.27. The smallest absolute Gasteiger partial charge is 0.291 e. The van der Waals surface area contributed by atoms with Gasteiger partial charge < -0.3 is 20.0 Å². The van der Waals surface area contributed by atoms with E-state index in [2.05, 4.69) is 17.2 Å². The van der Waals surface area contributed by atoms with Gasteiger partial charge in [0.25, 0.3) is 5.91 Å². The zero-order chi connectivity index (χ0) is 20.6. The summed E-state index contributed by atoms with van der Waals surface area (Å²) in [6.45, 7) is 4.13. The third-order valence-corrected chi connectivity index (χ3v) is 4.32. The summed E-state index contributed by atoms with van der Waals surface area (Å²) in [6.07, 6.45) is 3.09. The van der Waals surface area contributed by atoms with E-state index in [9.17, 15) is 9.59 Å². The van der Waals surface area contributed by atoms with Crippen LogP contribution in [0, 0.1) is 0 Å². The number of benzene rings is 2. The minimum Gasteiger partial charge on any atom is -0.459 e. The second kappa shape index (κ2) is 9.61. The Kier molecular flexibility index (Phi) is 6.71. The summed E-state index contributed by atoms with van der Waals surface area (Å²) in [7, 11) is 0. The molecule has 0 saturated carbocycles. The molecule has 0 unspecified atom stereocenters. The maximum atomic E-state index is 12.8. The van der Waals surface area contributed by atoms with Gasteiger partial charge in [0.2, 0.25) is 5.91 Å². The molecule has 2 amide bonds. The van der Waals surface area contributed by atoms with Crippen molar-refractivity contribution in [3.63, 3.8) is 0 Å². The molecule has 0 saturated heterocycles. The number of anilines is 3. The lowest BCUT2D eigenvalue weighted by Crippen LogP contribution is -2.35. The van der Waals surface area contributed by atoms with Gasteiger partial charge in [0, 0.05) is 17.3 Å². The van der Waals surface area contributed by atoms with Crippen molar-refractivity contribution in [1.29, 1.82) is 0 Å². The van der Waals surface area contributed by atoms with Crippen LogP contribution < -0.4 is 15.5 Å². The predicted molar refractivity (Wildman–Crippen MR) is 116 cm³/mol. The summed E-state index contributed by atoms with van der Waals surface area (Å²) in [5, 5.41) is 6.27. The Morgan fingerprint density at radius 1 is 1.07 bits per heavy atom. The molecule has 0 bridgehead atoms. The third kappa shape index (κ3) is 5.27. The zero-order valence-corrected chi connectivity index (χ0v) is 16.4. The van der Waals surface area contributed by atoms with E-state index in [0.29, 0.717) is 22.9 Å². The number of amides is 2. The SMILES string of the molecule is C=CCN(C(=O)CNc1ccc(Cl)cc1NC(=O)c1ccco1)c1ccccc1. The lowest BCUT2D eigenvalue weighted by atomic mass is 10.2. The molecule has 3 aromatic rings. The zero-order valence-electron chi connectivity index (χ0n) is 15.6. The number of furan rings is 1. The highest BCUT2D eigenvalue weighted by atomic mass is 35.5. The molecule has 1 heterocycles. The van der Waals surface area contributed by atoms with Crippen molar-refractivity contribution in [2.75, 3.05) is 28.6 Å². The summed E-state index contributed by atoms with van der Waals surface area (Å²) in [5.74, 6) is -0.383. The Bertz CT molecular complexity index is 988. The van der Waals surface area contributed by atoms with Crippen molar-refractivity contribution >= 4 is 40.5 Å². The predicted octanol–water partition coefficient (Wildman–Crippen LogP) is 4.82. The first-order valence-electron chi connectivity index (χ1n) is 8.93. The number of carbonyl (C=O) groups excluding carboxylic acids is 2. The molecule has 148 valence electrons. The van der Waals surface area contributed by atoms with Crippen LogP contribution >= 0.6 is 11.6 Å². The van der Waals surface area contributed by atoms with Crippen LogP contribution in [0.1, 0.15) is 10.6 Å². The highest BCUT2D eigenvalue weighted by Crippen LogP contribution is 2.26. The van der Waals surface area contributed by atoms with Crippen molar-refractivity contribution in [3.05, 3.63) is 90.4 Å². The van der Waals surface area contributed by atoms with E-state index in [1.807, 2.05) is 30.3 Å². The quantitative estimate of drug-likeness (QED) is 0.523. The van der Waals surface area contributed by atoms with E-state index in [-0.39, 0.29) is 18.2 Å². The fourth-order valence-electron chi connectivity index (χ4n) is 2.72. The molecule has 7 heteroatoms. The van der Waals surface area contributed by atoms with Gasteiger partial charge in [-0.3, -0.25) is 9.59 Å². The van der Waals surface area contributed by atoms with Crippen LogP contribution in [0.3, 0.4) is 0 Å². The second-order valence-electron chi connectivity index (χ2n) is 6.10. The third-order valence-electron chi connectivity index (χ3n) is 4.09. The summed E-state index contributed by atoms with van der Waals surface area (Å²) < 4.78 is 5.11. The van der Waals surface area contributed by atoms with Gasteiger partial charge in [-0.15, -0.1) is 6.58 Å². The number of nitrogens with one attached hydrogen (secondary N) is 2. The van der Waals surface area contributed by atoms with Crippen molar-refractivity contribution in [1.82, 2.24) is 0 Å². The first-order valence-corrected chi connectivity index (χ1v) is 9.31. The van der Waals surface area contributed by atoms with Gasteiger partial charge in [0.05, 0.1) is 24.2 Å². The summed E-state index contributed by atoms with van der Waals surface area (Å²) in [4.78, 5) is 26.7. The van der Waals surface area contributed by atoms with E-state index >= 15 is 0 Å². The van der Waals surface area contributed by atoms with E-state index in [1.54, 1.807) is 41.3 Å². The molecule has 0 aliphatic rings. The molecule has 0 aliphatic carbocycles. The molecule has 2 aromatic carbocycles. The molecule has 29 heavy (non-hydrogen) atoms. The van der Waals surface area contributed by atoms with Crippen LogP contribution in [0.4, 0.5) is 17.1 Å². The molecule has 0 atom stereocenters. The number of nitrogens with zero attached hydrogens (tertiary/aromatic N) is 1. The minimum absolute atomic E-state index is 0.0218. The topological polar surface area (TPSA) is 74.6 Å². The van der Waals surface area contributed by atoms with Crippen LogP contribution in [-0.4, -0.2) is 24.9 Å². The van der Waals surface area contributed by atoms with Gasteiger partial charge in [0.1, 0.15) is 0 Å². The standard InChI is InChI=1S/C22H20ClN3O3/c1-2-12-26(17-7-4-3-5-8-17)21(27)15-24-18-11-10-16(23)14-19(18)25-22(28)20-9-6-13-29-20/h2-11,13-14,24H,1,12,15H2,(H,25,28). The van der Waals surface area contributed by atoms with Gasteiger partial charge in [-0.05, 0) is 42.5 Å². The molecule has 0 spiro atoms. The van der Waals surface area contributed by atoms with Crippen molar-refractivity contribution in [3.8, 4) is 0 Å². The fraction of sp³-hybridized carbons (Fsp3) is 0.0909. The van der Waals surface area contributed by atoms with Gasteiger partial charge in [0.15, 0.2) is 5.76 Å².